The summed E-state index contributed by atoms with van der Waals surface area (Å²) >= 11 is 1.13. The van der Waals surface area contributed by atoms with Crippen LogP contribution in [-0.4, -0.2) is 24.6 Å². The van der Waals surface area contributed by atoms with E-state index in [9.17, 15) is 13.5 Å². The van der Waals surface area contributed by atoms with Crippen LogP contribution in [0.2, 0.25) is 0 Å². The van der Waals surface area contributed by atoms with Crippen molar-refractivity contribution in [2.24, 2.45) is 0 Å². The summed E-state index contributed by atoms with van der Waals surface area (Å²) in [6, 6.07) is -0.186. The third kappa shape index (κ3) is 4.05. The zero-order chi connectivity index (χ0) is 12.3. The maximum absolute atomic E-state index is 11.5. The largest absolute Gasteiger partial charge is 0.387 e. The molecular formula is C8H15N3O3S2. The molecule has 0 amide bonds. The summed E-state index contributed by atoms with van der Waals surface area (Å²) < 4.78 is 27.6. The molecule has 1 unspecified atom stereocenters. The minimum absolute atomic E-state index is 0.186. The topological polar surface area (TPSA) is 91.3 Å². The van der Waals surface area contributed by atoms with Crippen LogP contribution in [0.15, 0.2) is 5.38 Å². The first-order valence-electron chi connectivity index (χ1n) is 4.73. The summed E-state index contributed by atoms with van der Waals surface area (Å²) in [5.41, 5.74) is 0.451. The number of hydrogen-bond acceptors (Lipinski definition) is 5. The van der Waals surface area contributed by atoms with Gasteiger partial charge in [-0.15, -0.1) is 11.3 Å². The number of aliphatic hydroxyl groups excluding tert-OH is 1. The molecule has 0 fully saturated rings. The Morgan fingerprint density at radius 3 is 2.50 bits per heavy atom. The second-order valence-electron chi connectivity index (χ2n) is 3.63. The van der Waals surface area contributed by atoms with Crippen LogP contribution in [-0.2, 0) is 10.2 Å². The molecule has 3 N–H and O–H groups in total. The molecule has 6 nitrogen and oxygen atoms in total. The van der Waals surface area contributed by atoms with Crippen LogP contribution in [0.1, 0.15) is 32.6 Å². The van der Waals surface area contributed by atoms with Crippen LogP contribution in [0.25, 0.3) is 0 Å². The fraction of sp³-hybridized carbons (Fsp3) is 0.625. The van der Waals surface area contributed by atoms with E-state index in [1.54, 1.807) is 26.2 Å². The lowest BCUT2D eigenvalue weighted by atomic mass is 10.3. The zero-order valence-corrected chi connectivity index (χ0v) is 10.9. The van der Waals surface area contributed by atoms with E-state index < -0.39 is 16.3 Å². The predicted molar refractivity (Wildman–Crippen MR) is 63.6 cm³/mol. The number of nitrogens with one attached hydrogen (secondary N) is 2. The van der Waals surface area contributed by atoms with E-state index in [0.29, 0.717) is 5.69 Å². The van der Waals surface area contributed by atoms with Gasteiger partial charge in [-0.3, -0.25) is 0 Å². The highest BCUT2D eigenvalue weighted by molar-refractivity contribution is 7.91. The predicted octanol–water partition coefficient (Wildman–Crippen LogP) is 0.851. The number of anilines is 1. The SMILES string of the molecule is CC(C)NS(=O)(=O)Nc1nc(C(C)O)cs1. The van der Waals surface area contributed by atoms with E-state index in [-0.39, 0.29) is 11.2 Å². The first-order valence-corrected chi connectivity index (χ1v) is 7.10. The number of nitrogens with zero attached hydrogens (tertiary/aromatic N) is 1. The molecule has 1 atom stereocenters. The zero-order valence-electron chi connectivity index (χ0n) is 9.26. The van der Waals surface area contributed by atoms with Gasteiger partial charge in [0.05, 0.1) is 11.8 Å². The average molecular weight is 265 g/mol. The average Bonchev–Trinajstić information content (AvgIpc) is 2.48. The van der Waals surface area contributed by atoms with Gasteiger partial charge in [-0.2, -0.15) is 13.1 Å². The Morgan fingerprint density at radius 1 is 1.44 bits per heavy atom. The van der Waals surface area contributed by atoms with Gasteiger partial charge in [-0.25, -0.2) is 9.71 Å². The van der Waals surface area contributed by atoms with Gasteiger partial charge in [-0.1, -0.05) is 0 Å². The smallest absolute Gasteiger partial charge is 0.301 e. The van der Waals surface area contributed by atoms with Crippen LogP contribution in [0.5, 0.6) is 0 Å². The number of aliphatic hydroxyl groups is 1. The Hall–Kier alpha value is -0.700. The van der Waals surface area contributed by atoms with E-state index in [1.807, 2.05) is 0 Å². The van der Waals surface area contributed by atoms with Crippen molar-refractivity contribution >= 4 is 26.7 Å². The summed E-state index contributed by atoms with van der Waals surface area (Å²) in [7, 11) is -3.58. The van der Waals surface area contributed by atoms with Crippen LogP contribution in [0.3, 0.4) is 0 Å². The first-order chi connectivity index (χ1) is 7.30. The molecule has 16 heavy (non-hydrogen) atoms. The van der Waals surface area contributed by atoms with E-state index in [1.165, 1.54) is 0 Å². The van der Waals surface area contributed by atoms with Crippen LogP contribution in [0, 0.1) is 0 Å². The molecule has 0 saturated carbocycles. The molecular weight excluding hydrogens is 250 g/mol. The molecule has 0 aliphatic rings. The van der Waals surface area contributed by atoms with Crippen molar-refractivity contribution in [2.75, 3.05) is 4.72 Å². The Morgan fingerprint density at radius 2 is 2.06 bits per heavy atom. The molecule has 0 radical (unpaired) electrons. The minimum Gasteiger partial charge on any atom is -0.387 e. The molecule has 0 bridgehead atoms. The van der Waals surface area contributed by atoms with Gasteiger partial charge in [0, 0.05) is 11.4 Å². The molecule has 0 aromatic carbocycles. The van der Waals surface area contributed by atoms with Gasteiger partial charge in [-0.05, 0) is 20.8 Å². The fourth-order valence-electron chi connectivity index (χ4n) is 0.980. The normalized spacial score (nSPS) is 14.1. The second kappa shape index (κ2) is 5.09. The third-order valence-corrected chi connectivity index (χ3v) is 3.71. The van der Waals surface area contributed by atoms with Crippen molar-refractivity contribution in [1.82, 2.24) is 9.71 Å². The Bertz CT molecular complexity index is 439. The van der Waals surface area contributed by atoms with Crippen molar-refractivity contribution in [3.8, 4) is 0 Å². The number of rotatable bonds is 5. The van der Waals surface area contributed by atoms with Gasteiger partial charge in [0.15, 0.2) is 5.13 Å². The molecule has 1 aromatic rings. The van der Waals surface area contributed by atoms with E-state index >= 15 is 0 Å². The molecule has 1 rings (SSSR count). The van der Waals surface area contributed by atoms with Crippen molar-refractivity contribution in [3.05, 3.63) is 11.1 Å². The molecule has 0 saturated heterocycles. The lowest BCUT2D eigenvalue weighted by Gasteiger charge is -2.09. The summed E-state index contributed by atoms with van der Waals surface area (Å²) in [5.74, 6) is 0. The van der Waals surface area contributed by atoms with Crippen molar-refractivity contribution in [2.45, 2.75) is 32.9 Å². The van der Waals surface area contributed by atoms with E-state index in [2.05, 4.69) is 14.4 Å². The number of thiazole rings is 1. The fourth-order valence-corrected chi connectivity index (χ4v) is 3.10. The highest BCUT2D eigenvalue weighted by Crippen LogP contribution is 2.20. The Kier molecular flexibility index (Phi) is 4.25. The monoisotopic (exact) mass is 265 g/mol. The summed E-state index contributed by atoms with van der Waals surface area (Å²) in [5, 5.41) is 11.1. The molecule has 1 heterocycles. The maximum atomic E-state index is 11.5. The summed E-state index contributed by atoms with van der Waals surface area (Å²) in [6.07, 6.45) is -0.701. The summed E-state index contributed by atoms with van der Waals surface area (Å²) in [4.78, 5) is 3.94. The molecule has 92 valence electrons. The van der Waals surface area contributed by atoms with Crippen LogP contribution in [0.4, 0.5) is 5.13 Å². The van der Waals surface area contributed by atoms with Gasteiger partial charge in [0.2, 0.25) is 0 Å². The van der Waals surface area contributed by atoms with E-state index in [0.717, 1.165) is 11.3 Å². The van der Waals surface area contributed by atoms with Crippen molar-refractivity contribution < 1.29 is 13.5 Å². The van der Waals surface area contributed by atoms with Gasteiger partial charge >= 0.3 is 10.2 Å². The lowest BCUT2D eigenvalue weighted by Crippen LogP contribution is -2.35. The molecule has 0 aliphatic carbocycles. The van der Waals surface area contributed by atoms with E-state index in [4.69, 9.17) is 0 Å². The number of hydrogen-bond donors (Lipinski definition) is 3. The van der Waals surface area contributed by atoms with Crippen LogP contribution >= 0.6 is 11.3 Å². The van der Waals surface area contributed by atoms with Crippen molar-refractivity contribution in [3.63, 3.8) is 0 Å². The third-order valence-electron chi connectivity index (χ3n) is 1.56. The Balaban J connectivity index is 2.73. The molecule has 8 heteroatoms. The molecule has 0 spiro atoms. The van der Waals surface area contributed by atoms with Gasteiger partial charge < -0.3 is 5.11 Å². The quantitative estimate of drug-likeness (QED) is 0.736. The second-order valence-corrected chi connectivity index (χ2v) is 5.94. The first kappa shape index (κ1) is 13.4. The lowest BCUT2D eigenvalue weighted by molar-refractivity contribution is 0.195. The maximum Gasteiger partial charge on any atom is 0.301 e. The highest BCUT2D eigenvalue weighted by atomic mass is 32.2. The Labute approximate surface area is 98.9 Å². The standard InChI is InChI=1S/C8H15N3O3S2/c1-5(2)10-16(13,14)11-8-9-7(4-15-8)6(3)12/h4-6,10,12H,1-3H3,(H,9,11). The van der Waals surface area contributed by atoms with Gasteiger partial charge in [0.25, 0.3) is 0 Å². The molecule has 1 aromatic heterocycles. The van der Waals surface area contributed by atoms with Crippen molar-refractivity contribution in [1.29, 1.82) is 0 Å². The summed E-state index contributed by atoms with van der Waals surface area (Å²) in [6.45, 7) is 5.02. The minimum atomic E-state index is -3.58. The number of aromatic nitrogens is 1. The molecule has 0 aliphatic heterocycles. The van der Waals surface area contributed by atoms with Gasteiger partial charge in [0.1, 0.15) is 0 Å². The highest BCUT2D eigenvalue weighted by Gasteiger charge is 2.14. The van der Waals surface area contributed by atoms with Crippen LogP contribution < -0.4 is 9.44 Å².